The molecule has 0 aliphatic rings. The van der Waals surface area contributed by atoms with Crippen LogP contribution in [0.5, 0.6) is 11.9 Å². The van der Waals surface area contributed by atoms with Crippen molar-refractivity contribution in [1.82, 2.24) is 24.7 Å². The minimum Gasteiger partial charge on any atom is -0.473 e. The summed E-state index contributed by atoms with van der Waals surface area (Å²) < 4.78 is 136. The van der Waals surface area contributed by atoms with Gasteiger partial charge < -0.3 is 9.47 Å². The van der Waals surface area contributed by atoms with Crippen LogP contribution in [0.15, 0.2) is 51.8 Å². The van der Waals surface area contributed by atoms with Gasteiger partial charge in [-0.15, -0.1) is 0 Å². The molecule has 0 radical (unpaired) electrons. The highest BCUT2D eigenvalue weighted by molar-refractivity contribution is 9.10. The quantitative estimate of drug-likeness (QED) is 0.342. The first-order valence-electron chi connectivity index (χ1n) is 14.4. The molecule has 0 atom stereocenters. The first kappa shape index (κ1) is 12.8. The number of nitrogens with one attached hydrogen (secondary N) is 2. The SMILES string of the molecule is [2H]c1nc(OC([2H])([2H])C([2H])([2H])Oc2ncnc(NS(=O)(=O)NC([2H])([2H])CC)c2-c2c([2H])c([2H])c(Br)c([2H])c2[2H])nc([2H])c1Br. The van der Waals surface area contributed by atoms with Gasteiger partial charge >= 0.3 is 6.01 Å². The Morgan fingerprint density at radius 1 is 1.03 bits per heavy atom. The first-order chi connectivity index (χ1) is 20.0. The maximum absolute atomic E-state index is 12.8. The molecular formula is C19H20Br2N6O4S. The molecule has 0 saturated carbocycles. The van der Waals surface area contributed by atoms with E-state index in [2.05, 4.69) is 51.8 Å². The maximum Gasteiger partial charge on any atom is 0.316 e. The maximum atomic E-state index is 12.8. The number of nitrogens with zero attached hydrogens (tertiary/aromatic N) is 4. The zero-order valence-electron chi connectivity index (χ0n) is 27.9. The summed E-state index contributed by atoms with van der Waals surface area (Å²) in [4.78, 5) is 14.5. The van der Waals surface area contributed by atoms with Crippen molar-refractivity contribution in [3.63, 3.8) is 0 Å². The van der Waals surface area contributed by atoms with Crippen LogP contribution in [0.3, 0.4) is 0 Å². The van der Waals surface area contributed by atoms with Crippen molar-refractivity contribution >= 4 is 47.9 Å². The first-order valence-corrected chi connectivity index (χ1v) is 11.4. The van der Waals surface area contributed by atoms with Crippen molar-refractivity contribution in [2.24, 2.45) is 0 Å². The zero-order chi connectivity index (χ0) is 33.6. The van der Waals surface area contributed by atoms with E-state index in [9.17, 15) is 8.42 Å². The predicted octanol–water partition coefficient (Wildman–Crippen LogP) is 3.57. The van der Waals surface area contributed by atoms with Gasteiger partial charge in [0.2, 0.25) is 5.88 Å². The minimum atomic E-state index is -4.82. The van der Waals surface area contributed by atoms with E-state index >= 15 is 0 Å². The largest absolute Gasteiger partial charge is 0.473 e. The monoisotopic (exact) mass is 598 g/mol. The van der Waals surface area contributed by atoms with E-state index < -0.39 is 95.2 Å². The molecule has 0 unspecified atom stereocenters. The van der Waals surface area contributed by atoms with Crippen molar-refractivity contribution in [1.29, 1.82) is 0 Å². The fraction of sp³-hybridized carbons (Fsp3) is 0.263. The standard InChI is InChI=1S/C19H20Br2N6O4S/c1-2-7-26-32(28,29)27-17-16(13-3-5-14(20)6-4-13)18(25-12-24-17)30-8-9-31-19-22-10-15(21)11-23-19/h3-6,10-12,26H,2,7-9H2,1H3,(H,24,25,27)/i3D,4D,5D,6D,7D2,8D2,9D2,10D,11D. The van der Waals surface area contributed by atoms with Crippen LogP contribution in [0.4, 0.5) is 5.82 Å². The van der Waals surface area contributed by atoms with E-state index in [-0.39, 0.29) is 15.4 Å². The number of benzene rings is 1. The van der Waals surface area contributed by atoms with Crippen molar-refractivity contribution in [2.75, 3.05) is 24.3 Å². The molecule has 0 amide bonds. The van der Waals surface area contributed by atoms with E-state index in [1.165, 1.54) is 6.92 Å². The Balaban J connectivity index is 2.22. The van der Waals surface area contributed by atoms with Crippen LogP contribution in [0.1, 0.15) is 29.8 Å². The summed E-state index contributed by atoms with van der Waals surface area (Å²) in [5.41, 5.74) is -1.47. The average molecular weight is 600 g/mol. The van der Waals surface area contributed by atoms with Crippen molar-refractivity contribution < 1.29 is 34.3 Å². The lowest BCUT2D eigenvalue weighted by atomic mass is 10.1. The van der Waals surface area contributed by atoms with Crippen molar-refractivity contribution in [2.45, 2.75) is 13.3 Å². The number of anilines is 1. The van der Waals surface area contributed by atoms with E-state index in [4.69, 9.17) is 25.9 Å². The van der Waals surface area contributed by atoms with E-state index in [1.54, 1.807) is 4.72 Å². The fourth-order valence-corrected chi connectivity index (χ4v) is 3.09. The molecule has 0 aliphatic heterocycles. The molecular weight excluding hydrogens is 568 g/mol. The molecule has 3 rings (SSSR count). The van der Waals surface area contributed by atoms with E-state index in [1.807, 2.05) is 4.72 Å². The van der Waals surface area contributed by atoms with Gasteiger partial charge in [-0.05, 0) is 40.0 Å². The van der Waals surface area contributed by atoms with Gasteiger partial charge in [0.25, 0.3) is 10.2 Å². The fourth-order valence-electron chi connectivity index (χ4n) is 1.92. The number of rotatable bonds is 11. The Labute approximate surface area is 219 Å². The number of hydrogen-bond acceptors (Lipinski definition) is 8. The minimum absolute atomic E-state index is 0.152. The number of aromatic nitrogens is 4. The van der Waals surface area contributed by atoms with Gasteiger partial charge in [0.1, 0.15) is 19.4 Å². The van der Waals surface area contributed by atoms with Crippen molar-refractivity contribution in [3.05, 3.63) is 51.8 Å². The lowest BCUT2D eigenvalue weighted by molar-refractivity contribution is 0.202. The molecule has 1 aromatic carbocycles. The Hall–Kier alpha value is -2.35. The molecule has 10 nitrogen and oxygen atoms in total. The Bertz CT molecular complexity index is 1670. The lowest BCUT2D eigenvalue weighted by Gasteiger charge is -2.15. The Morgan fingerprint density at radius 3 is 2.41 bits per heavy atom. The van der Waals surface area contributed by atoms with Crippen LogP contribution in [0.2, 0.25) is 0 Å². The van der Waals surface area contributed by atoms with Gasteiger partial charge in [-0.25, -0.2) is 19.9 Å². The van der Waals surface area contributed by atoms with Crippen LogP contribution in [0.25, 0.3) is 11.1 Å². The lowest BCUT2D eigenvalue weighted by Crippen LogP contribution is -2.31. The molecule has 170 valence electrons. The predicted molar refractivity (Wildman–Crippen MR) is 127 cm³/mol. The molecule has 2 aromatic heterocycles. The molecule has 13 heteroatoms. The summed E-state index contributed by atoms with van der Waals surface area (Å²) >= 11 is 5.81. The number of halogens is 2. The molecule has 0 bridgehead atoms. The average Bonchev–Trinajstić information content (AvgIpc) is 2.89. The molecule has 0 aliphatic carbocycles. The van der Waals surface area contributed by atoms with Crippen LogP contribution in [-0.2, 0) is 10.2 Å². The normalized spacial score (nSPS) is 18.0. The van der Waals surface area contributed by atoms with Gasteiger partial charge in [0.05, 0.1) is 23.7 Å². The topological polar surface area (TPSA) is 128 Å². The van der Waals surface area contributed by atoms with Crippen LogP contribution >= 0.6 is 31.9 Å². The van der Waals surface area contributed by atoms with Crippen LogP contribution < -0.4 is 18.9 Å². The second-order valence-corrected chi connectivity index (χ2v) is 8.28. The molecule has 0 spiro atoms. The summed E-state index contributed by atoms with van der Waals surface area (Å²) in [7, 11) is -4.82. The third-order valence-electron chi connectivity index (χ3n) is 3.10. The highest BCUT2D eigenvalue weighted by atomic mass is 79.9. The second-order valence-electron chi connectivity index (χ2n) is 5.28. The highest BCUT2D eigenvalue weighted by Crippen LogP contribution is 2.34. The third kappa shape index (κ3) is 7.08. The number of ether oxygens (including phenoxy) is 2. The summed E-state index contributed by atoms with van der Waals surface area (Å²) in [6.45, 7) is -8.20. The van der Waals surface area contributed by atoms with Gasteiger partial charge in [-0.2, -0.15) is 13.1 Å². The molecule has 3 aromatic rings. The smallest absolute Gasteiger partial charge is 0.316 e. The molecule has 0 fully saturated rings. The van der Waals surface area contributed by atoms with Gasteiger partial charge in [0.15, 0.2) is 5.82 Å². The second kappa shape index (κ2) is 11.5. The summed E-state index contributed by atoms with van der Waals surface area (Å²) in [6, 6.07) is -3.78. The highest BCUT2D eigenvalue weighted by Gasteiger charge is 2.19. The van der Waals surface area contributed by atoms with E-state index in [0.717, 1.165) is 0 Å². The summed E-state index contributed by atoms with van der Waals surface area (Å²) in [5, 5.41) is 0. The van der Waals surface area contributed by atoms with Crippen LogP contribution in [0, 0.1) is 0 Å². The molecule has 2 N–H and O–H groups in total. The molecule has 0 saturated heterocycles. The van der Waals surface area contributed by atoms with Crippen molar-refractivity contribution in [3.8, 4) is 23.0 Å². The molecule has 2 heterocycles. The van der Waals surface area contributed by atoms with Gasteiger partial charge in [-0.1, -0.05) is 34.9 Å². The van der Waals surface area contributed by atoms with Crippen LogP contribution in [-0.4, -0.2) is 48.0 Å². The Morgan fingerprint density at radius 2 is 1.72 bits per heavy atom. The summed E-state index contributed by atoms with van der Waals surface area (Å²) in [6.07, 6.45) is -0.812. The zero-order valence-corrected chi connectivity index (χ0v) is 19.9. The summed E-state index contributed by atoms with van der Waals surface area (Å²) in [5.74, 6) is -1.81. The molecule has 32 heavy (non-hydrogen) atoms. The van der Waals surface area contributed by atoms with E-state index in [0.29, 0.717) is 6.33 Å². The van der Waals surface area contributed by atoms with Gasteiger partial charge in [0, 0.05) is 26.1 Å². The number of hydrogen-bond donors (Lipinski definition) is 2. The van der Waals surface area contributed by atoms with Gasteiger partial charge in [-0.3, -0.25) is 4.72 Å². The third-order valence-corrected chi connectivity index (χ3v) is 4.73. The Kier molecular flexibility index (Phi) is 4.59.